The number of alkyl halides is 3. The maximum Gasteiger partial charge on any atom is 0.416 e. The lowest BCUT2D eigenvalue weighted by molar-refractivity contribution is -0.137. The third-order valence-corrected chi connectivity index (χ3v) is 2.80. The Balaban J connectivity index is 2.90. The molecule has 1 rings (SSSR count). The fourth-order valence-corrected chi connectivity index (χ4v) is 1.67. The molecule has 1 unspecified atom stereocenters. The van der Waals surface area contributed by atoms with Gasteiger partial charge < -0.3 is 5.32 Å². The molecule has 1 N–H and O–H groups in total. The normalized spacial score (nSPS) is 12.9. The number of nitrogens with zero attached hydrogens (tertiary/aromatic N) is 1. The highest BCUT2D eigenvalue weighted by Gasteiger charge is 2.30. The van der Waals surface area contributed by atoms with E-state index in [1.807, 2.05) is 13.0 Å². The summed E-state index contributed by atoms with van der Waals surface area (Å²) in [6, 6.07) is 5.01. The minimum absolute atomic E-state index is 0.00112. The van der Waals surface area contributed by atoms with Crippen molar-refractivity contribution in [2.75, 3.05) is 5.32 Å². The van der Waals surface area contributed by atoms with Gasteiger partial charge in [-0.3, -0.25) is 0 Å². The maximum absolute atomic E-state index is 12.4. The maximum atomic E-state index is 12.4. The Bertz CT molecular complexity index is 452. The molecule has 0 fully saturated rings. The highest BCUT2D eigenvalue weighted by molar-refractivity contribution is 6.33. The molecule has 0 spiro atoms. The Kier molecular flexibility index (Phi) is 4.85. The summed E-state index contributed by atoms with van der Waals surface area (Å²) in [4.78, 5) is 0. The third kappa shape index (κ3) is 3.81. The van der Waals surface area contributed by atoms with E-state index in [1.54, 1.807) is 0 Å². The van der Waals surface area contributed by atoms with Gasteiger partial charge in [0.05, 0.1) is 28.8 Å². The molecule has 0 bridgehead atoms. The molecular formula is C12H12ClF3N2. The van der Waals surface area contributed by atoms with Gasteiger partial charge in [0, 0.05) is 6.04 Å². The average molecular weight is 277 g/mol. The number of hydrogen-bond donors (Lipinski definition) is 1. The monoisotopic (exact) mass is 276 g/mol. The summed E-state index contributed by atoms with van der Waals surface area (Å²) in [6.07, 6.45) is -3.45. The number of nitrogens with one attached hydrogen (secondary N) is 1. The first-order valence-corrected chi connectivity index (χ1v) is 5.76. The van der Waals surface area contributed by atoms with Crippen LogP contribution in [0.1, 0.15) is 25.3 Å². The first-order chi connectivity index (χ1) is 8.38. The van der Waals surface area contributed by atoms with Crippen molar-refractivity contribution in [3.8, 4) is 6.07 Å². The largest absolute Gasteiger partial charge is 0.416 e. The number of nitriles is 1. The topological polar surface area (TPSA) is 35.8 Å². The Morgan fingerprint density at radius 1 is 1.44 bits per heavy atom. The molecule has 2 nitrogen and oxygen atoms in total. The van der Waals surface area contributed by atoms with Crippen molar-refractivity contribution in [1.82, 2.24) is 0 Å². The van der Waals surface area contributed by atoms with Crippen LogP contribution in [-0.4, -0.2) is 6.04 Å². The number of hydrogen-bond acceptors (Lipinski definition) is 2. The molecule has 0 saturated carbocycles. The number of halogens is 4. The van der Waals surface area contributed by atoms with E-state index < -0.39 is 11.7 Å². The van der Waals surface area contributed by atoms with Gasteiger partial charge in [-0.15, -0.1) is 0 Å². The quantitative estimate of drug-likeness (QED) is 0.881. The first-order valence-electron chi connectivity index (χ1n) is 5.38. The van der Waals surface area contributed by atoms with E-state index in [-0.39, 0.29) is 17.5 Å². The summed E-state index contributed by atoms with van der Waals surface area (Å²) < 4.78 is 37.3. The van der Waals surface area contributed by atoms with Crippen molar-refractivity contribution in [3.05, 3.63) is 28.8 Å². The highest BCUT2D eigenvalue weighted by atomic mass is 35.5. The summed E-state index contributed by atoms with van der Waals surface area (Å²) >= 11 is 5.79. The van der Waals surface area contributed by atoms with Crippen LogP contribution < -0.4 is 5.32 Å². The van der Waals surface area contributed by atoms with Gasteiger partial charge in [0.1, 0.15) is 0 Å². The van der Waals surface area contributed by atoms with Crippen molar-refractivity contribution >= 4 is 17.3 Å². The molecular weight excluding hydrogens is 265 g/mol. The van der Waals surface area contributed by atoms with E-state index >= 15 is 0 Å². The van der Waals surface area contributed by atoms with E-state index in [0.29, 0.717) is 12.1 Å². The Labute approximate surface area is 108 Å². The molecule has 0 aliphatic rings. The lowest BCUT2D eigenvalue weighted by Gasteiger charge is -2.17. The lowest BCUT2D eigenvalue weighted by atomic mass is 10.1. The Morgan fingerprint density at radius 2 is 2.11 bits per heavy atom. The lowest BCUT2D eigenvalue weighted by Crippen LogP contribution is -2.18. The Hall–Kier alpha value is -1.41. The van der Waals surface area contributed by atoms with Crippen LogP contribution in [-0.2, 0) is 6.18 Å². The molecule has 6 heteroatoms. The zero-order chi connectivity index (χ0) is 13.8. The zero-order valence-corrected chi connectivity index (χ0v) is 10.4. The fourth-order valence-electron chi connectivity index (χ4n) is 1.44. The average Bonchev–Trinajstić information content (AvgIpc) is 2.29. The zero-order valence-electron chi connectivity index (χ0n) is 9.68. The molecule has 0 aliphatic heterocycles. The molecule has 0 heterocycles. The van der Waals surface area contributed by atoms with E-state index in [0.717, 1.165) is 12.1 Å². The van der Waals surface area contributed by atoms with Crippen molar-refractivity contribution in [2.24, 2.45) is 0 Å². The highest BCUT2D eigenvalue weighted by Crippen LogP contribution is 2.34. The van der Waals surface area contributed by atoms with Crippen molar-refractivity contribution in [3.63, 3.8) is 0 Å². The molecule has 98 valence electrons. The van der Waals surface area contributed by atoms with Gasteiger partial charge >= 0.3 is 6.18 Å². The molecule has 1 atom stereocenters. The summed E-state index contributed by atoms with van der Waals surface area (Å²) in [7, 11) is 0. The van der Waals surface area contributed by atoms with Crippen LogP contribution in [0.4, 0.5) is 18.9 Å². The van der Waals surface area contributed by atoms with Gasteiger partial charge in [0.2, 0.25) is 0 Å². The number of rotatable bonds is 4. The summed E-state index contributed by atoms with van der Waals surface area (Å²) in [5.74, 6) is 0. The van der Waals surface area contributed by atoms with Crippen LogP contribution in [0.3, 0.4) is 0 Å². The minimum Gasteiger partial charge on any atom is -0.380 e. The van der Waals surface area contributed by atoms with E-state index in [9.17, 15) is 13.2 Å². The standard InChI is InChI=1S/C12H12ClF3N2/c1-2-9(5-6-17)18-11-4-3-8(7-10(11)13)12(14,15)16/h3-4,7,9,18H,2,5H2,1H3. The predicted octanol–water partition coefficient (Wildman–Crippen LogP) is 4.46. The summed E-state index contributed by atoms with van der Waals surface area (Å²) in [6.45, 7) is 1.88. The van der Waals surface area contributed by atoms with Gasteiger partial charge in [0.25, 0.3) is 0 Å². The van der Waals surface area contributed by atoms with Crippen LogP contribution in [0.2, 0.25) is 5.02 Å². The number of benzene rings is 1. The molecule has 1 aromatic carbocycles. The predicted molar refractivity (Wildman–Crippen MR) is 64.4 cm³/mol. The Morgan fingerprint density at radius 3 is 2.56 bits per heavy atom. The second kappa shape index (κ2) is 5.96. The molecule has 0 aromatic heterocycles. The van der Waals surface area contributed by atoms with E-state index in [2.05, 4.69) is 5.32 Å². The van der Waals surface area contributed by atoms with Crippen molar-refractivity contribution in [2.45, 2.75) is 32.0 Å². The molecule has 0 saturated heterocycles. The fraction of sp³-hybridized carbons (Fsp3) is 0.417. The van der Waals surface area contributed by atoms with Gasteiger partial charge in [-0.25, -0.2) is 0 Å². The second-order valence-electron chi connectivity index (χ2n) is 3.80. The van der Waals surface area contributed by atoms with Crippen LogP contribution in [0, 0.1) is 11.3 Å². The molecule has 0 radical (unpaired) electrons. The molecule has 18 heavy (non-hydrogen) atoms. The van der Waals surface area contributed by atoms with E-state index in [4.69, 9.17) is 16.9 Å². The van der Waals surface area contributed by atoms with Gasteiger partial charge in [0.15, 0.2) is 0 Å². The van der Waals surface area contributed by atoms with Gasteiger partial charge in [-0.2, -0.15) is 18.4 Å². The number of anilines is 1. The van der Waals surface area contributed by atoms with Gasteiger partial charge in [-0.05, 0) is 24.6 Å². The summed E-state index contributed by atoms with van der Waals surface area (Å²) in [5, 5.41) is 11.6. The van der Waals surface area contributed by atoms with Gasteiger partial charge in [-0.1, -0.05) is 18.5 Å². The second-order valence-corrected chi connectivity index (χ2v) is 4.21. The minimum atomic E-state index is -4.40. The first kappa shape index (κ1) is 14.7. The van der Waals surface area contributed by atoms with Crippen LogP contribution in [0.5, 0.6) is 0 Å². The van der Waals surface area contributed by atoms with Crippen LogP contribution >= 0.6 is 11.6 Å². The SMILES string of the molecule is CCC(CC#N)Nc1ccc(C(F)(F)F)cc1Cl. The summed E-state index contributed by atoms with van der Waals surface area (Å²) in [5.41, 5.74) is -0.377. The van der Waals surface area contributed by atoms with Crippen molar-refractivity contribution < 1.29 is 13.2 Å². The van der Waals surface area contributed by atoms with Crippen LogP contribution in [0.15, 0.2) is 18.2 Å². The molecule has 0 aliphatic carbocycles. The van der Waals surface area contributed by atoms with Crippen molar-refractivity contribution in [1.29, 1.82) is 5.26 Å². The van der Waals surface area contributed by atoms with Crippen LogP contribution in [0.25, 0.3) is 0 Å². The molecule has 0 amide bonds. The molecule has 1 aromatic rings. The van der Waals surface area contributed by atoms with E-state index in [1.165, 1.54) is 6.07 Å². The smallest absolute Gasteiger partial charge is 0.380 e. The third-order valence-electron chi connectivity index (χ3n) is 2.49.